The molecule has 0 bridgehead atoms. The van der Waals surface area contributed by atoms with E-state index in [9.17, 15) is 9.90 Å². The number of rotatable bonds is 5. The van der Waals surface area contributed by atoms with E-state index >= 15 is 0 Å². The zero-order chi connectivity index (χ0) is 13.1. The molecule has 1 rings (SSSR count). The molecule has 1 aromatic rings. The quantitative estimate of drug-likeness (QED) is 0.794. The Hall–Kier alpha value is -0.900. The molecule has 0 saturated carbocycles. The summed E-state index contributed by atoms with van der Waals surface area (Å²) in [6.07, 6.45) is 0. The van der Waals surface area contributed by atoms with Gasteiger partial charge in [0.1, 0.15) is 0 Å². The van der Waals surface area contributed by atoms with Crippen LogP contribution in [-0.4, -0.2) is 29.1 Å². The van der Waals surface area contributed by atoms with Crippen molar-refractivity contribution in [2.24, 2.45) is 0 Å². The van der Waals surface area contributed by atoms with Gasteiger partial charge in [0.05, 0.1) is 11.6 Å². The Morgan fingerprint density at radius 3 is 2.71 bits per heavy atom. The Bertz CT molecular complexity index is 399. The van der Waals surface area contributed by atoms with E-state index in [2.05, 4.69) is 5.32 Å². The van der Waals surface area contributed by atoms with Crippen LogP contribution in [0.4, 0.5) is 0 Å². The van der Waals surface area contributed by atoms with Gasteiger partial charge in [-0.1, -0.05) is 23.7 Å². The number of hydrogen-bond donors (Lipinski definition) is 2. The van der Waals surface area contributed by atoms with Crippen LogP contribution < -0.4 is 5.32 Å². The summed E-state index contributed by atoms with van der Waals surface area (Å²) < 4.78 is 0. The molecule has 0 aliphatic heterocycles. The Labute approximate surface area is 107 Å². The van der Waals surface area contributed by atoms with Crippen LogP contribution in [0.3, 0.4) is 0 Å². The van der Waals surface area contributed by atoms with Crippen LogP contribution in [0, 0.1) is 0 Å². The van der Waals surface area contributed by atoms with Crippen molar-refractivity contribution in [3.8, 4) is 0 Å². The van der Waals surface area contributed by atoms with Gasteiger partial charge < -0.3 is 10.4 Å². The third-order valence-corrected chi connectivity index (χ3v) is 2.58. The fraction of sp³-hybridized carbons (Fsp3) is 0.462. The van der Waals surface area contributed by atoms with Gasteiger partial charge >= 0.3 is 0 Å². The number of Topliss-reactive ketones (excluding diaryl/α,β-unsaturated/α-hetero) is 1. The van der Waals surface area contributed by atoms with Gasteiger partial charge in [-0.15, -0.1) is 0 Å². The Morgan fingerprint density at radius 1 is 1.53 bits per heavy atom. The van der Waals surface area contributed by atoms with Crippen molar-refractivity contribution < 1.29 is 9.90 Å². The SMILES string of the molecule is C[C@H](NCC(C)(C)O)C(=O)c1cccc(Cl)c1. The fourth-order valence-electron chi connectivity index (χ4n) is 1.39. The summed E-state index contributed by atoms with van der Waals surface area (Å²) in [7, 11) is 0. The van der Waals surface area contributed by atoms with Gasteiger partial charge in [0.2, 0.25) is 0 Å². The van der Waals surface area contributed by atoms with Crippen LogP contribution in [-0.2, 0) is 0 Å². The molecule has 0 heterocycles. The van der Waals surface area contributed by atoms with E-state index in [0.29, 0.717) is 17.1 Å². The molecular formula is C13H18ClNO2. The molecule has 0 fully saturated rings. The third-order valence-electron chi connectivity index (χ3n) is 2.34. The molecule has 1 aromatic carbocycles. The lowest BCUT2D eigenvalue weighted by Gasteiger charge is -2.21. The lowest BCUT2D eigenvalue weighted by atomic mass is 10.0. The number of carbonyl (C=O) groups is 1. The smallest absolute Gasteiger partial charge is 0.179 e. The molecule has 3 nitrogen and oxygen atoms in total. The number of aliphatic hydroxyl groups is 1. The third kappa shape index (κ3) is 4.86. The molecule has 1 atom stereocenters. The molecule has 17 heavy (non-hydrogen) atoms. The summed E-state index contributed by atoms with van der Waals surface area (Å²) in [5.41, 5.74) is -0.253. The predicted octanol–water partition coefficient (Wildman–Crippen LogP) is 2.27. The van der Waals surface area contributed by atoms with Crippen LogP contribution in [0.5, 0.6) is 0 Å². The standard InChI is InChI=1S/C13H18ClNO2/c1-9(15-8-13(2,3)17)12(16)10-5-4-6-11(14)7-10/h4-7,9,15,17H,8H2,1-3H3/t9-/m0/s1. The van der Waals surface area contributed by atoms with E-state index in [4.69, 9.17) is 11.6 Å². The van der Waals surface area contributed by atoms with Crippen molar-refractivity contribution in [2.45, 2.75) is 32.4 Å². The first-order valence-corrected chi connectivity index (χ1v) is 5.93. The van der Waals surface area contributed by atoms with Gasteiger partial charge in [0.15, 0.2) is 5.78 Å². The van der Waals surface area contributed by atoms with Crippen LogP contribution in [0.1, 0.15) is 31.1 Å². The molecule has 2 N–H and O–H groups in total. The average molecular weight is 256 g/mol. The number of halogens is 1. The van der Waals surface area contributed by atoms with E-state index in [0.717, 1.165) is 0 Å². The molecule has 0 spiro atoms. The molecule has 0 radical (unpaired) electrons. The average Bonchev–Trinajstić information content (AvgIpc) is 2.24. The summed E-state index contributed by atoms with van der Waals surface area (Å²) in [6, 6.07) is 6.51. The molecular weight excluding hydrogens is 238 g/mol. The zero-order valence-corrected chi connectivity index (χ0v) is 11.1. The molecule has 0 unspecified atom stereocenters. The lowest BCUT2D eigenvalue weighted by molar-refractivity contribution is 0.0734. The number of hydrogen-bond acceptors (Lipinski definition) is 3. The van der Waals surface area contributed by atoms with Crippen molar-refractivity contribution in [1.29, 1.82) is 0 Å². The van der Waals surface area contributed by atoms with Crippen molar-refractivity contribution >= 4 is 17.4 Å². The second kappa shape index (κ2) is 5.63. The van der Waals surface area contributed by atoms with Crippen molar-refractivity contribution in [1.82, 2.24) is 5.32 Å². The number of ketones is 1. The second-order valence-corrected chi connectivity index (χ2v) is 5.23. The second-order valence-electron chi connectivity index (χ2n) is 4.79. The minimum absolute atomic E-state index is 0.0308. The minimum Gasteiger partial charge on any atom is -0.389 e. The summed E-state index contributed by atoms with van der Waals surface area (Å²) in [6.45, 7) is 5.52. The van der Waals surface area contributed by atoms with Gasteiger partial charge in [-0.3, -0.25) is 4.79 Å². The largest absolute Gasteiger partial charge is 0.389 e. The van der Waals surface area contributed by atoms with E-state index in [1.807, 2.05) is 0 Å². The Morgan fingerprint density at radius 2 is 2.18 bits per heavy atom. The first-order valence-electron chi connectivity index (χ1n) is 5.55. The summed E-state index contributed by atoms with van der Waals surface area (Å²) in [4.78, 5) is 12.0. The first-order chi connectivity index (χ1) is 7.79. The van der Waals surface area contributed by atoms with E-state index in [-0.39, 0.29) is 11.8 Å². The van der Waals surface area contributed by atoms with Gasteiger partial charge in [-0.05, 0) is 32.9 Å². The zero-order valence-electron chi connectivity index (χ0n) is 10.3. The van der Waals surface area contributed by atoms with Crippen LogP contribution in [0.15, 0.2) is 24.3 Å². The number of nitrogens with one attached hydrogen (secondary N) is 1. The Balaban J connectivity index is 2.64. The first kappa shape index (κ1) is 14.2. The molecule has 0 aliphatic carbocycles. The van der Waals surface area contributed by atoms with Gasteiger partial charge in [-0.25, -0.2) is 0 Å². The summed E-state index contributed by atoms with van der Waals surface area (Å²) in [5, 5.41) is 13.1. The number of benzene rings is 1. The van der Waals surface area contributed by atoms with E-state index in [1.54, 1.807) is 45.0 Å². The van der Waals surface area contributed by atoms with E-state index < -0.39 is 5.60 Å². The molecule has 0 saturated heterocycles. The highest BCUT2D eigenvalue weighted by Crippen LogP contribution is 2.12. The summed E-state index contributed by atoms with van der Waals surface area (Å²) >= 11 is 5.83. The maximum absolute atomic E-state index is 12.0. The molecule has 0 aromatic heterocycles. The Kier molecular flexibility index (Phi) is 4.69. The van der Waals surface area contributed by atoms with Crippen LogP contribution >= 0.6 is 11.6 Å². The maximum atomic E-state index is 12.0. The number of carbonyl (C=O) groups excluding carboxylic acids is 1. The molecule has 0 aliphatic rings. The van der Waals surface area contributed by atoms with Gasteiger partial charge in [0, 0.05) is 17.1 Å². The monoisotopic (exact) mass is 255 g/mol. The fourth-order valence-corrected chi connectivity index (χ4v) is 1.58. The predicted molar refractivity (Wildman–Crippen MR) is 69.5 cm³/mol. The normalized spacial score (nSPS) is 13.5. The van der Waals surface area contributed by atoms with Crippen LogP contribution in [0.25, 0.3) is 0 Å². The van der Waals surface area contributed by atoms with Crippen molar-refractivity contribution in [2.75, 3.05) is 6.54 Å². The summed E-state index contributed by atoms with van der Waals surface area (Å²) in [5.74, 6) is -0.0308. The maximum Gasteiger partial charge on any atom is 0.179 e. The van der Waals surface area contributed by atoms with E-state index in [1.165, 1.54) is 0 Å². The molecule has 0 amide bonds. The van der Waals surface area contributed by atoms with Crippen molar-refractivity contribution in [3.05, 3.63) is 34.9 Å². The topological polar surface area (TPSA) is 49.3 Å². The van der Waals surface area contributed by atoms with Crippen molar-refractivity contribution in [3.63, 3.8) is 0 Å². The minimum atomic E-state index is -0.830. The molecule has 94 valence electrons. The highest BCUT2D eigenvalue weighted by molar-refractivity contribution is 6.31. The van der Waals surface area contributed by atoms with Gasteiger partial charge in [0.25, 0.3) is 0 Å². The highest BCUT2D eigenvalue weighted by Gasteiger charge is 2.19. The van der Waals surface area contributed by atoms with Crippen LogP contribution in [0.2, 0.25) is 5.02 Å². The lowest BCUT2D eigenvalue weighted by Crippen LogP contribution is -2.42. The van der Waals surface area contributed by atoms with Gasteiger partial charge in [-0.2, -0.15) is 0 Å². The molecule has 4 heteroatoms. The highest BCUT2D eigenvalue weighted by atomic mass is 35.5.